The molecule has 0 saturated heterocycles. The zero-order valence-electron chi connectivity index (χ0n) is 23.8. The molecule has 0 aromatic heterocycles. The summed E-state index contributed by atoms with van der Waals surface area (Å²) in [4.78, 5) is 2.37. The monoisotopic (exact) mass is 549 g/mol. The van der Waals surface area contributed by atoms with E-state index >= 15 is 0 Å². The van der Waals surface area contributed by atoms with Gasteiger partial charge in [-0.2, -0.15) is 0 Å². The molecule has 7 rings (SSSR count). The van der Waals surface area contributed by atoms with Gasteiger partial charge >= 0.3 is 0 Å². The van der Waals surface area contributed by atoms with Gasteiger partial charge < -0.3 is 4.90 Å². The predicted molar refractivity (Wildman–Crippen MR) is 183 cm³/mol. The van der Waals surface area contributed by atoms with E-state index in [0.717, 1.165) is 17.1 Å². The zero-order chi connectivity index (χ0) is 28.8. The Morgan fingerprint density at radius 3 is 0.953 bits per heavy atom. The summed E-state index contributed by atoms with van der Waals surface area (Å²) in [6.07, 6.45) is 0. The molecule has 43 heavy (non-hydrogen) atoms. The van der Waals surface area contributed by atoms with E-state index in [9.17, 15) is 0 Å². The second-order valence-corrected chi connectivity index (χ2v) is 10.6. The van der Waals surface area contributed by atoms with Crippen molar-refractivity contribution < 1.29 is 0 Å². The van der Waals surface area contributed by atoms with Gasteiger partial charge in [-0.15, -0.1) is 0 Å². The first-order valence-corrected chi connectivity index (χ1v) is 14.7. The van der Waals surface area contributed by atoms with Crippen LogP contribution in [-0.4, -0.2) is 0 Å². The van der Waals surface area contributed by atoms with Gasteiger partial charge in [-0.1, -0.05) is 158 Å². The van der Waals surface area contributed by atoms with Crippen molar-refractivity contribution in [1.29, 1.82) is 0 Å². The molecule has 0 aliphatic heterocycles. The molecule has 0 unspecified atom stereocenters. The van der Waals surface area contributed by atoms with Gasteiger partial charge in [-0.3, -0.25) is 0 Å². The minimum absolute atomic E-state index is 1.11. The van der Waals surface area contributed by atoms with E-state index in [2.05, 4.69) is 193 Å². The summed E-state index contributed by atoms with van der Waals surface area (Å²) in [5.41, 5.74) is 13.0. The maximum absolute atomic E-state index is 2.37. The van der Waals surface area contributed by atoms with Crippen LogP contribution in [0.5, 0.6) is 0 Å². The molecule has 0 bridgehead atoms. The number of nitrogens with zero attached hydrogens (tertiary/aromatic N) is 1. The first kappa shape index (κ1) is 26.3. The average Bonchev–Trinajstić information content (AvgIpc) is 3.10. The second-order valence-electron chi connectivity index (χ2n) is 10.6. The Labute approximate surface area is 254 Å². The van der Waals surface area contributed by atoms with Crippen LogP contribution < -0.4 is 4.90 Å². The summed E-state index contributed by atoms with van der Waals surface area (Å²) >= 11 is 0. The van der Waals surface area contributed by atoms with E-state index in [-0.39, 0.29) is 0 Å². The third kappa shape index (κ3) is 5.62. The van der Waals surface area contributed by atoms with Crippen LogP contribution in [0, 0.1) is 0 Å². The standard InChI is InChI=1S/C42H31N/c1-4-12-32(13-5-1)35-20-22-38(23-21-35)41-18-10-11-19-42(41)43(39-28-24-36(25-29-39)33-14-6-2-7-15-33)40-30-26-37(27-31-40)34-16-8-3-9-17-34/h1-31H. The fourth-order valence-corrected chi connectivity index (χ4v) is 5.68. The maximum Gasteiger partial charge on any atom is 0.0540 e. The fourth-order valence-electron chi connectivity index (χ4n) is 5.68. The number of benzene rings is 7. The number of hydrogen-bond acceptors (Lipinski definition) is 1. The van der Waals surface area contributed by atoms with Gasteiger partial charge in [-0.05, 0) is 69.3 Å². The number of para-hydroxylation sites is 1. The topological polar surface area (TPSA) is 3.24 Å². The van der Waals surface area contributed by atoms with E-state index in [1.807, 2.05) is 0 Å². The van der Waals surface area contributed by atoms with Crippen LogP contribution >= 0.6 is 0 Å². The minimum atomic E-state index is 1.11. The molecular formula is C42H31N. The van der Waals surface area contributed by atoms with Gasteiger partial charge in [-0.25, -0.2) is 0 Å². The quantitative estimate of drug-likeness (QED) is 0.191. The van der Waals surface area contributed by atoms with Crippen LogP contribution in [0.2, 0.25) is 0 Å². The van der Waals surface area contributed by atoms with E-state index < -0.39 is 0 Å². The van der Waals surface area contributed by atoms with Crippen LogP contribution in [0.4, 0.5) is 17.1 Å². The van der Waals surface area contributed by atoms with Gasteiger partial charge in [0.2, 0.25) is 0 Å². The minimum Gasteiger partial charge on any atom is -0.310 e. The first-order chi connectivity index (χ1) is 21.3. The van der Waals surface area contributed by atoms with E-state index in [1.165, 1.54) is 44.5 Å². The molecular weight excluding hydrogens is 518 g/mol. The lowest BCUT2D eigenvalue weighted by Crippen LogP contribution is -2.11. The molecule has 0 saturated carbocycles. The van der Waals surface area contributed by atoms with Crippen LogP contribution in [0.1, 0.15) is 0 Å². The van der Waals surface area contributed by atoms with E-state index in [4.69, 9.17) is 0 Å². The normalized spacial score (nSPS) is 10.8. The molecule has 0 atom stereocenters. The van der Waals surface area contributed by atoms with Crippen LogP contribution in [0.3, 0.4) is 0 Å². The fraction of sp³-hybridized carbons (Fsp3) is 0. The third-order valence-corrected chi connectivity index (χ3v) is 7.91. The van der Waals surface area contributed by atoms with Crippen LogP contribution in [0.25, 0.3) is 44.5 Å². The van der Waals surface area contributed by atoms with Crippen molar-refractivity contribution in [2.45, 2.75) is 0 Å². The van der Waals surface area contributed by atoms with Crippen molar-refractivity contribution in [3.8, 4) is 44.5 Å². The van der Waals surface area contributed by atoms with Crippen molar-refractivity contribution >= 4 is 17.1 Å². The Morgan fingerprint density at radius 2 is 0.535 bits per heavy atom. The SMILES string of the molecule is c1ccc(-c2ccc(-c3ccccc3N(c3ccc(-c4ccccc4)cc3)c3ccc(-c4ccccc4)cc3)cc2)cc1. The number of hydrogen-bond donors (Lipinski definition) is 0. The molecule has 7 aromatic rings. The van der Waals surface area contributed by atoms with Crippen LogP contribution in [-0.2, 0) is 0 Å². The van der Waals surface area contributed by atoms with E-state index in [1.54, 1.807) is 0 Å². The lowest BCUT2D eigenvalue weighted by atomic mass is 9.98. The van der Waals surface area contributed by atoms with Crippen molar-refractivity contribution in [1.82, 2.24) is 0 Å². The Hall–Kier alpha value is -5.66. The van der Waals surface area contributed by atoms with Crippen LogP contribution in [0.15, 0.2) is 188 Å². The molecule has 0 radical (unpaired) electrons. The lowest BCUT2D eigenvalue weighted by Gasteiger charge is -2.28. The molecule has 0 amide bonds. The first-order valence-electron chi connectivity index (χ1n) is 14.7. The zero-order valence-corrected chi connectivity index (χ0v) is 23.8. The molecule has 0 N–H and O–H groups in total. The highest BCUT2D eigenvalue weighted by atomic mass is 15.1. The van der Waals surface area contributed by atoms with Crippen molar-refractivity contribution in [2.24, 2.45) is 0 Å². The summed E-state index contributed by atoms with van der Waals surface area (Å²) < 4.78 is 0. The molecule has 1 nitrogen and oxygen atoms in total. The van der Waals surface area contributed by atoms with Gasteiger partial charge in [0.15, 0.2) is 0 Å². The molecule has 0 spiro atoms. The van der Waals surface area contributed by atoms with Gasteiger partial charge in [0.05, 0.1) is 5.69 Å². The second kappa shape index (κ2) is 12.1. The summed E-state index contributed by atoms with van der Waals surface area (Å²) in [7, 11) is 0. The highest BCUT2D eigenvalue weighted by Crippen LogP contribution is 2.42. The summed E-state index contributed by atoms with van der Waals surface area (Å²) in [5.74, 6) is 0. The Bertz CT molecular complexity index is 1830. The third-order valence-electron chi connectivity index (χ3n) is 7.91. The predicted octanol–water partition coefficient (Wildman–Crippen LogP) is 11.8. The highest BCUT2D eigenvalue weighted by molar-refractivity contribution is 5.89. The largest absolute Gasteiger partial charge is 0.310 e. The summed E-state index contributed by atoms with van der Waals surface area (Å²) in [6.45, 7) is 0. The highest BCUT2D eigenvalue weighted by Gasteiger charge is 2.17. The van der Waals surface area contributed by atoms with Gasteiger partial charge in [0.1, 0.15) is 0 Å². The molecule has 0 fully saturated rings. The summed E-state index contributed by atoms with van der Waals surface area (Å²) in [5, 5.41) is 0. The molecule has 0 heterocycles. The number of anilines is 3. The van der Waals surface area contributed by atoms with E-state index in [0.29, 0.717) is 0 Å². The number of rotatable bonds is 7. The van der Waals surface area contributed by atoms with Gasteiger partial charge in [0, 0.05) is 16.9 Å². The molecule has 7 aromatic carbocycles. The Balaban J connectivity index is 1.32. The smallest absolute Gasteiger partial charge is 0.0540 e. The molecule has 204 valence electrons. The molecule has 1 heteroatoms. The van der Waals surface area contributed by atoms with Crippen molar-refractivity contribution in [3.05, 3.63) is 188 Å². The van der Waals surface area contributed by atoms with Crippen molar-refractivity contribution in [2.75, 3.05) is 4.90 Å². The Morgan fingerprint density at radius 1 is 0.233 bits per heavy atom. The Kier molecular flexibility index (Phi) is 7.36. The summed E-state index contributed by atoms with van der Waals surface area (Å²) in [6, 6.07) is 67.0. The lowest BCUT2D eigenvalue weighted by molar-refractivity contribution is 1.28. The molecule has 0 aliphatic rings. The molecule has 0 aliphatic carbocycles. The maximum atomic E-state index is 2.37. The van der Waals surface area contributed by atoms with Crippen molar-refractivity contribution in [3.63, 3.8) is 0 Å². The average molecular weight is 550 g/mol. The van der Waals surface area contributed by atoms with Gasteiger partial charge in [0.25, 0.3) is 0 Å².